The van der Waals surface area contributed by atoms with Crippen LogP contribution in [0.2, 0.25) is 0 Å². The van der Waals surface area contributed by atoms with Crippen molar-refractivity contribution in [2.45, 2.75) is 20.0 Å². The van der Waals surface area contributed by atoms with Gasteiger partial charge in [0.15, 0.2) is 0 Å². The normalized spacial score (nSPS) is 10.8. The van der Waals surface area contributed by atoms with Crippen molar-refractivity contribution in [3.05, 3.63) is 71.4 Å². The molecule has 134 valence electrons. The van der Waals surface area contributed by atoms with Gasteiger partial charge in [-0.05, 0) is 25.0 Å². The maximum atomic E-state index is 12.5. The highest BCUT2D eigenvalue weighted by molar-refractivity contribution is 6.45. The summed E-state index contributed by atoms with van der Waals surface area (Å²) in [4.78, 5) is 27.8. The molecule has 1 heterocycles. The van der Waals surface area contributed by atoms with Crippen LogP contribution in [0.4, 0.5) is 0 Å². The van der Waals surface area contributed by atoms with Gasteiger partial charge in [-0.15, -0.1) is 0 Å². The van der Waals surface area contributed by atoms with E-state index < -0.39 is 11.7 Å². The van der Waals surface area contributed by atoms with E-state index in [4.69, 9.17) is 4.74 Å². The molecule has 0 fully saturated rings. The summed E-state index contributed by atoms with van der Waals surface area (Å²) in [6.45, 7) is 3.27. The van der Waals surface area contributed by atoms with E-state index in [1.165, 1.54) is 0 Å². The van der Waals surface area contributed by atoms with Gasteiger partial charge in [0.2, 0.25) is 0 Å². The van der Waals surface area contributed by atoms with E-state index in [0.717, 1.165) is 16.5 Å². The van der Waals surface area contributed by atoms with Crippen LogP contribution >= 0.6 is 0 Å². The number of para-hydroxylation sites is 1. The molecule has 3 rings (SSSR count). The molecule has 1 aromatic heterocycles. The van der Waals surface area contributed by atoms with Crippen molar-refractivity contribution in [2.24, 2.45) is 0 Å². The predicted octanol–water partition coefficient (Wildman–Crippen LogP) is 3.38. The Morgan fingerprint density at radius 3 is 2.58 bits per heavy atom. The number of hydrogen-bond donors (Lipinski definition) is 2. The van der Waals surface area contributed by atoms with Crippen molar-refractivity contribution in [2.75, 3.05) is 13.2 Å². The fraction of sp³-hybridized carbons (Fsp3) is 0.238. The number of benzene rings is 2. The van der Waals surface area contributed by atoms with Gasteiger partial charge in [0.25, 0.3) is 11.7 Å². The molecule has 0 atom stereocenters. The average Bonchev–Trinajstić information content (AvgIpc) is 3.00. The summed E-state index contributed by atoms with van der Waals surface area (Å²) in [7, 11) is 0. The fourth-order valence-electron chi connectivity index (χ4n) is 2.90. The van der Waals surface area contributed by atoms with Crippen LogP contribution in [0.25, 0.3) is 10.9 Å². The third kappa shape index (κ3) is 4.18. The van der Waals surface area contributed by atoms with Gasteiger partial charge in [-0.3, -0.25) is 9.59 Å². The van der Waals surface area contributed by atoms with Gasteiger partial charge in [0.05, 0.1) is 12.2 Å². The fourth-order valence-corrected chi connectivity index (χ4v) is 2.90. The lowest BCUT2D eigenvalue weighted by Crippen LogP contribution is -2.32. The number of aromatic nitrogens is 1. The number of ether oxygens (including phenoxy) is 1. The summed E-state index contributed by atoms with van der Waals surface area (Å²) in [5, 5.41) is 3.45. The summed E-state index contributed by atoms with van der Waals surface area (Å²) in [5.74, 6) is -1.09. The Balaban J connectivity index is 1.46. The highest BCUT2D eigenvalue weighted by Crippen LogP contribution is 2.22. The van der Waals surface area contributed by atoms with Gasteiger partial charge >= 0.3 is 0 Å². The number of rotatable bonds is 8. The maximum absolute atomic E-state index is 12.5. The minimum atomic E-state index is -0.582. The molecular weight excluding hydrogens is 328 g/mol. The molecule has 2 N–H and O–H groups in total. The highest BCUT2D eigenvalue weighted by Gasteiger charge is 2.22. The number of fused-ring (bicyclic) bond motifs is 1. The predicted molar refractivity (Wildman–Crippen MR) is 101 cm³/mol. The number of Topliss-reactive ketones (excluding diaryl/α,β-unsaturated/α-hetero) is 1. The molecule has 0 aliphatic carbocycles. The third-order valence-corrected chi connectivity index (χ3v) is 4.19. The van der Waals surface area contributed by atoms with Gasteiger partial charge in [0, 0.05) is 29.7 Å². The molecule has 2 aromatic carbocycles. The van der Waals surface area contributed by atoms with E-state index >= 15 is 0 Å². The molecule has 5 heteroatoms. The number of nitrogens with one attached hydrogen (secondary N) is 2. The number of aromatic amines is 1. The Kier molecular flexibility index (Phi) is 5.81. The van der Waals surface area contributed by atoms with E-state index in [-0.39, 0.29) is 0 Å². The van der Waals surface area contributed by atoms with Crippen LogP contribution in [0.5, 0.6) is 0 Å². The van der Waals surface area contributed by atoms with Crippen LogP contribution in [-0.4, -0.2) is 29.8 Å². The van der Waals surface area contributed by atoms with Crippen LogP contribution in [0.3, 0.4) is 0 Å². The van der Waals surface area contributed by atoms with Crippen LogP contribution in [0.1, 0.15) is 28.0 Å². The molecule has 0 bridgehead atoms. The second kappa shape index (κ2) is 8.45. The van der Waals surface area contributed by atoms with Crippen LogP contribution < -0.4 is 5.32 Å². The minimum Gasteiger partial charge on any atom is -0.377 e. The number of H-pyrrole nitrogens is 1. The average molecular weight is 350 g/mol. The van der Waals surface area contributed by atoms with Crippen molar-refractivity contribution in [1.82, 2.24) is 10.3 Å². The third-order valence-electron chi connectivity index (χ3n) is 4.19. The minimum absolute atomic E-state index is 0.404. The zero-order chi connectivity index (χ0) is 18.4. The first-order valence-corrected chi connectivity index (χ1v) is 8.68. The van der Waals surface area contributed by atoms with E-state index in [1.54, 1.807) is 6.92 Å². The molecule has 3 aromatic rings. The molecule has 0 radical (unpaired) electrons. The van der Waals surface area contributed by atoms with Crippen molar-refractivity contribution in [3.63, 3.8) is 0 Å². The summed E-state index contributed by atoms with van der Waals surface area (Å²) in [6.07, 6.45) is 0.652. The number of hydrogen-bond acceptors (Lipinski definition) is 3. The topological polar surface area (TPSA) is 71.2 Å². The number of carbonyl (C=O) groups excluding carboxylic acids is 2. The lowest BCUT2D eigenvalue weighted by molar-refractivity contribution is -0.117. The van der Waals surface area contributed by atoms with E-state index in [9.17, 15) is 9.59 Å². The summed E-state index contributed by atoms with van der Waals surface area (Å²) >= 11 is 0. The molecule has 26 heavy (non-hydrogen) atoms. The van der Waals surface area contributed by atoms with Crippen molar-refractivity contribution >= 4 is 22.6 Å². The summed E-state index contributed by atoms with van der Waals surface area (Å²) in [5.41, 5.74) is 3.12. The van der Waals surface area contributed by atoms with Crippen LogP contribution in [0.15, 0.2) is 54.6 Å². The lowest BCUT2D eigenvalue weighted by Gasteiger charge is -2.06. The Labute approximate surface area is 152 Å². The SMILES string of the molecule is Cc1[nH]c2ccccc2c1C(=O)C(=O)NCCCOCc1ccccc1. The molecule has 0 saturated heterocycles. The standard InChI is InChI=1S/C21H22N2O3/c1-15-19(17-10-5-6-11-18(17)23-15)20(24)21(25)22-12-7-13-26-14-16-8-3-2-4-9-16/h2-6,8-11,23H,7,12-14H2,1H3,(H,22,25). The number of amides is 1. The molecule has 0 aliphatic heterocycles. The van der Waals surface area contributed by atoms with Gasteiger partial charge < -0.3 is 15.0 Å². The molecule has 0 aliphatic rings. The van der Waals surface area contributed by atoms with Crippen LogP contribution in [0, 0.1) is 6.92 Å². The molecule has 0 saturated carbocycles. The van der Waals surface area contributed by atoms with E-state index in [0.29, 0.717) is 37.4 Å². The summed E-state index contributed by atoms with van der Waals surface area (Å²) < 4.78 is 5.57. The largest absolute Gasteiger partial charge is 0.377 e. The van der Waals surface area contributed by atoms with Crippen molar-refractivity contribution in [1.29, 1.82) is 0 Å². The van der Waals surface area contributed by atoms with Crippen molar-refractivity contribution < 1.29 is 14.3 Å². The van der Waals surface area contributed by atoms with Gasteiger partial charge in [-0.2, -0.15) is 0 Å². The van der Waals surface area contributed by atoms with E-state index in [2.05, 4.69) is 10.3 Å². The molecular formula is C21H22N2O3. The Bertz CT molecular complexity index is 900. The van der Waals surface area contributed by atoms with Gasteiger partial charge in [-0.1, -0.05) is 48.5 Å². The maximum Gasteiger partial charge on any atom is 0.292 e. The molecule has 0 unspecified atom stereocenters. The van der Waals surface area contributed by atoms with Crippen molar-refractivity contribution in [3.8, 4) is 0 Å². The zero-order valence-electron chi connectivity index (χ0n) is 14.7. The number of aryl methyl sites for hydroxylation is 1. The van der Waals surface area contributed by atoms with E-state index in [1.807, 2.05) is 54.6 Å². The first-order chi connectivity index (χ1) is 12.7. The first-order valence-electron chi connectivity index (χ1n) is 8.68. The molecule has 0 spiro atoms. The summed E-state index contributed by atoms with van der Waals surface area (Å²) in [6, 6.07) is 17.4. The monoisotopic (exact) mass is 350 g/mol. The molecule has 1 amide bonds. The first kappa shape index (κ1) is 17.9. The second-order valence-corrected chi connectivity index (χ2v) is 6.15. The lowest BCUT2D eigenvalue weighted by atomic mass is 10.1. The Morgan fingerprint density at radius 1 is 1.04 bits per heavy atom. The van der Waals surface area contributed by atoms with Gasteiger partial charge in [0.1, 0.15) is 0 Å². The molecule has 5 nitrogen and oxygen atoms in total. The second-order valence-electron chi connectivity index (χ2n) is 6.15. The Morgan fingerprint density at radius 2 is 1.77 bits per heavy atom. The van der Waals surface area contributed by atoms with Gasteiger partial charge in [-0.25, -0.2) is 0 Å². The quantitative estimate of drug-likeness (QED) is 0.372. The number of carbonyl (C=O) groups is 2. The Hall–Kier alpha value is -2.92. The highest BCUT2D eigenvalue weighted by atomic mass is 16.5. The smallest absolute Gasteiger partial charge is 0.292 e. The zero-order valence-corrected chi connectivity index (χ0v) is 14.7. The number of ketones is 1. The van der Waals surface area contributed by atoms with Crippen LogP contribution in [-0.2, 0) is 16.1 Å².